The van der Waals surface area contributed by atoms with E-state index in [4.69, 9.17) is 6.42 Å². The molecule has 0 saturated carbocycles. The molecule has 0 aliphatic rings. The van der Waals surface area contributed by atoms with Gasteiger partial charge >= 0.3 is 0 Å². The van der Waals surface area contributed by atoms with E-state index in [9.17, 15) is 0 Å². The van der Waals surface area contributed by atoms with Crippen molar-refractivity contribution in [1.82, 2.24) is 35.2 Å². The van der Waals surface area contributed by atoms with Gasteiger partial charge in [-0.3, -0.25) is 4.68 Å². The Kier molecular flexibility index (Phi) is 2.69. The lowest BCUT2D eigenvalue weighted by molar-refractivity contribution is 0.414. The summed E-state index contributed by atoms with van der Waals surface area (Å²) in [4.78, 5) is 0. The van der Waals surface area contributed by atoms with Gasteiger partial charge in [-0.25, -0.2) is 4.68 Å². The summed E-state index contributed by atoms with van der Waals surface area (Å²) in [5.74, 6) is 2.67. The Morgan fingerprint density at radius 3 is 2.67 bits per heavy atom. The molecule has 7 heteroatoms. The maximum absolute atomic E-state index is 5.41. The summed E-state index contributed by atoms with van der Waals surface area (Å²) in [6.45, 7) is 1.18. The molecular formula is C8H9N7. The van der Waals surface area contributed by atoms with Gasteiger partial charge in [0, 0.05) is 6.20 Å². The van der Waals surface area contributed by atoms with Gasteiger partial charge in [-0.2, -0.15) is 0 Å². The lowest BCUT2D eigenvalue weighted by atomic mass is 10.1. The van der Waals surface area contributed by atoms with Crippen LogP contribution in [-0.4, -0.2) is 35.2 Å². The average Bonchev–Trinajstić information content (AvgIpc) is 2.89. The van der Waals surface area contributed by atoms with Gasteiger partial charge in [-0.1, -0.05) is 11.1 Å². The first-order valence-electron chi connectivity index (χ1n) is 4.39. The maximum Gasteiger partial charge on any atom is 0.138 e. The molecule has 7 nitrogen and oxygen atoms in total. The summed E-state index contributed by atoms with van der Waals surface area (Å²) in [6.07, 6.45) is 10.3. The third kappa shape index (κ3) is 2.37. The molecule has 0 aromatic carbocycles. The van der Waals surface area contributed by atoms with Crippen LogP contribution in [0.1, 0.15) is 0 Å². The van der Waals surface area contributed by atoms with E-state index >= 15 is 0 Å². The second kappa shape index (κ2) is 4.32. The fourth-order valence-electron chi connectivity index (χ4n) is 1.21. The molecule has 1 atom stereocenters. The van der Waals surface area contributed by atoms with Crippen LogP contribution < -0.4 is 0 Å². The molecule has 0 bridgehead atoms. The molecule has 15 heavy (non-hydrogen) atoms. The lowest BCUT2D eigenvalue weighted by Gasteiger charge is -2.08. The van der Waals surface area contributed by atoms with E-state index in [1.807, 2.05) is 0 Å². The second-order valence-corrected chi connectivity index (χ2v) is 3.02. The van der Waals surface area contributed by atoms with E-state index in [2.05, 4.69) is 31.8 Å². The quantitative estimate of drug-likeness (QED) is 0.609. The first-order chi connectivity index (χ1) is 7.38. The normalized spacial score (nSPS) is 12.2. The summed E-state index contributed by atoms with van der Waals surface area (Å²) in [5, 5.41) is 18.4. The van der Waals surface area contributed by atoms with Gasteiger partial charge in [0.2, 0.25) is 0 Å². The summed E-state index contributed by atoms with van der Waals surface area (Å²) >= 11 is 0. The average molecular weight is 203 g/mol. The van der Waals surface area contributed by atoms with Gasteiger partial charge in [-0.05, 0) is 10.4 Å². The van der Waals surface area contributed by atoms with Crippen molar-refractivity contribution in [3.63, 3.8) is 0 Å². The van der Waals surface area contributed by atoms with Crippen molar-refractivity contribution < 1.29 is 0 Å². The van der Waals surface area contributed by atoms with E-state index in [-0.39, 0.29) is 5.92 Å². The SMILES string of the molecule is C#CC(Cn1ccnn1)Cn1cnnn1. The highest BCUT2D eigenvalue weighted by atomic mass is 15.5. The zero-order valence-corrected chi connectivity index (χ0v) is 7.93. The number of aromatic nitrogens is 7. The Morgan fingerprint density at radius 1 is 1.20 bits per heavy atom. The fraction of sp³-hybridized carbons (Fsp3) is 0.375. The summed E-state index contributed by atoms with van der Waals surface area (Å²) in [7, 11) is 0. The molecule has 76 valence electrons. The second-order valence-electron chi connectivity index (χ2n) is 3.02. The number of rotatable bonds is 4. The highest BCUT2D eigenvalue weighted by molar-refractivity contribution is 4.92. The molecule has 2 aromatic rings. The van der Waals surface area contributed by atoms with Crippen LogP contribution >= 0.6 is 0 Å². The molecule has 0 fully saturated rings. The van der Waals surface area contributed by atoms with E-state index in [1.54, 1.807) is 21.8 Å². The third-order valence-corrected chi connectivity index (χ3v) is 1.91. The maximum atomic E-state index is 5.41. The number of nitrogens with zero attached hydrogens (tertiary/aromatic N) is 7. The third-order valence-electron chi connectivity index (χ3n) is 1.91. The molecule has 2 aromatic heterocycles. The molecule has 0 N–H and O–H groups in total. The largest absolute Gasteiger partial charge is 0.251 e. The van der Waals surface area contributed by atoms with Crippen molar-refractivity contribution in [2.75, 3.05) is 0 Å². The molecule has 0 aliphatic heterocycles. The topological polar surface area (TPSA) is 74.3 Å². The van der Waals surface area contributed by atoms with Crippen molar-refractivity contribution in [2.45, 2.75) is 13.1 Å². The van der Waals surface area contributed by atoms with E-state index in [0.29, 0.717) is 13.1 Å². The van der Waals surface area contributed by atoms with E-state index in [0.717, 1.165) is 0 Å². The van der Waals surface area contributed by atoms with Crippen LogP contribution in [0.4, 0.5) is 0 Å². The van der Waals surface area contributed by atoms with E-state index in [1.165, 1.54) is 6.33 Å². The number of hydrogen-bond acceptors (Lipinski definition) is 5. The predicted octanol–water partition coefficient (Wildman–Crippen LogP) is -0.786. The van der Waals surface area contributed by atoms with Crippen molar-refractivity contribution >= 4 is 0 Å². The highest BCUT2D eigenvalue weighted by Crippen LogP contribution is 2.01. The molecule has 1 unspecified atom stereocenters. The minimum atomic E-state index is -0.00444. The standard InChI is InChI=1S/C8H9N7/c1-2-8(5-14-4-3-9-12-14)6-15-7-10-11-13-15/h1,3-4,7-8H,5-6H2. The highest BCUT2D eigenvalue weighted by Gasteiger charge is 2.08. The number of tetrazole rings is 1. The Balaban J connectivity index is 1.97. The first-order valence-corrected chi connectivity index (χ1v) is 4.39. The van der Waals surface area contributed by atoms with Crippen LogP contribution in [0.2, 0.25) is 0 Å². The summed E-state index contributed by atoms with van der Waals surface area (Å²) in [6, 6.07) is 0. The minimum Gasteiger partial charge on any atom is -0.251 e. The monoisotopic (exact) mass is 203 g/mol. The zero-order valence-electron chi connectivity index (χ0n) is 7.93. The van der Waals surface area contributed by atoms with Crippen LogP contribution in [0.3, 0.4) is 0 Å². The number of hydrogen-bond donors (Lipinski definition) is 0. The van der Waals surface area contributed by atoms with E-state index < -0.39 is 0 Å². The zero-order chi connectivity index (χ0) is 10.5. The summed E-state index contributed by atoms with van der Waals surface area (Å²) in [5.41, 5.74) is 0. The van der Waals surface area contributed by atoms with Gasteiger partial charge in [0.05, 0.1) is 25.2 Å². The molecule has 0 spiro atoms. The van der Waals surface area contributed by atoms with Crippen LogP contribution in [0.15, 0.2) is 18.7 Å². The van der Waals surface area contributed by atoms with Crippen LogP contribution in [0, 0.1) is 18.3 Å². The van der Waals surface area contributed by atoms with Gasteiger partial charge in [-0.15, -0.1) is 16.6 Å². The van der Waals surface area contributed by atoms with Gasteiger partial charge < -0.3 is 0 Å². The fourth-order valence-corrected chi connectivity index (χ4v) is 1.21. The lowest BCUT2D eigenvalue weighted by Crippen LogP contribution is -2.16. The van der Waals surface area contributed by atoms with Crippen molar-refractivity contribution in [3.8, 4) is 12.3 Å². The Hall–Kier alpha value is -2.23. The molecule has 0 saturated heterocycles. The molecule has 0 aliphatic carbocycles. The van der Waals surface area contributed by atoms with Gasteiger partial charge in [0.25, 0.3) is 0 Å². The molecule has 2 heterocycles. The van der Waals surface area contributed by atoms with Crippen molar-refractivity contribution in [1.29, 1.82) is 0 Å². The molecule has 0 amide bonds. The van der Waals surface area contributed by atoms with Gasteiger partial charge in [0.1, 0.15) is 6.33 Å². The molecular weight excluding hydrogens is 194 g/mol. The van der Waals surface area contributed by atoms with Crippen molar-refractivity contribution in [2.24, 2.45) is 5.92 Å². The van der Waals surface area contributed by atoms with Crippen LogP contribution in [0.5, 0.6) is 0 Å². The summed E-state index contributed by atoms with van der Waals surface area (Å²) < 4.78 is 3.29. The Morgan fingerprint density at radius 2 is 2.07 bits per heavy atom. The van der Waals surface area contributed by atoms with Gasteiger partial charge in [0.15, 0.2) is 0 Å². The number of terminal acetylenes is 1. The predicted molar refractivity (Wildman–Crippen MR) is 50.2 cm³/mol. The Bertz CT molecular complexity index is 388. The molecule has 2 rings (SSSR count). The van der Waals surface area contributed by atoms with Crippen LogP contribution in [0.25, 0.3) is 0 Å². The minimum absolute atomic E-state index is 0.00444. The smallest absolute Gasteiger partial charge is 0.138 e. The first kappa shape index (κ1) is 9.33. The Labute approximate surface area is 86.1 Å². The van der Waals surface area contributed by atoms with Crippen molar-refractivity contribution in [3.05, 3.63) is 18.7 Å². The van der Waals surface area contributed by atoms with Crippen LogP contribution in [-0.2, 0) is 13.1 Å². The molecule has 0 radical (unpaired) electrons.